The topological polar surface area (TPSA) is 77.0 Å². The van der Waals surface area contributed by atoms with Gasteiger partial charge in [0.05, 0.1) is 29.1 Å². The Labute approximate surface area is 162 Å². The van der Waals surface area contributed by atoms with Crippen molar-refractivity contribution in [3.05, 3.63) is 58.8 Å². The first kappa shape index (κ1) is 18.3. The van der Waals surface area contributed by atoms with E-state index in [2.05, 4.69) is 20.3 Å². The van der Waals surface area contributed by atoms with E-state index in [1.165, 1.54) is 25.0 Å². The van der Waals surface area contributed by atoms with Crippen LogP contribution in [0.15, 0.2) is 30.5 Å². The number of rotatable bonds is 6. The monoisotopic (exact) mass is 380 g/mol. The van der Waals surface area contributed by atoms with Crippen molar-refractivity contribution in [2.24, 2.45) is 5.92 Å². The number of benzene rings is 1. The summed E-state index contributed by atoms with van der Waals surface area (Å²) in [6.07, 6.45) is 4.12. The molecule has 6 nitrogen and oxygen atoms in total. The van der Waals surface area contributed by atoms with Gasteiger partial charge in [-0.15, -0.1) is 0 Å². The fourth-order valence-corrected chi connectivity index (χ4v) is 2.84. The molecule has 1 aliphatic carbocycles. The van der Waals surface area contributed by atoms with Gasteiger partial charge in [-0.05, 0) is 44.2 Å². The molecule has 0 aliphatic heterocycles. The van der Waals surface area contributed by atoms with Gasteiger partial charge in [0.2, 0.25) is 5.88 Å². The number of amides is 1. The number of nitrogens with one attached hydrogen (secondary N) is 1. The molecule has 2 heterocycles. The van der Waals surface area contributed by atoms with Crippen LogP contribution in [-0.2, 0) is 6.54 Å². The van der Waals surface area contributed by atoms with Crippen LogP contribution in [0.25, 0.3) is 11.0 Å². The molecule has 0 unspecified atom stereocenters. The summed E-state index contributed by atoms with van der Waals surface area (Å²) < 4.78 is 19.6. The second-order valence-electron chi connectivity index (χ2n) is 7.16. The Morgan fingerprint density at radius 1 is 1.21 bits per heavy atom. The van der Waals surface area contributed by atoms with Crippen LogP contribution in [0, 0.1) is 25.6 Å². The number of nitrogens with zero attached hydrogens (tertiary/aromatic N) is 3. The van der Waals surface area contributed by atoms with Gasteiger partial charge in [-0.3, -0.25) is 4.79 Å². The van der Waals surface area contributed by atoms with Crippen LogP contribution in [0.4, 0.5) is 4.39 Å². The number of aromatic nitrogens is 3. The average Bonchev–Trinajstić information content (AvgIpc) is 3.50. The molecule has 1 aromatic carbocycles. The summed E-state index contributed by atoms with van der Waals surface area (Å²) in [4.78, 5) is 25.7. The van der Waals surface area contributed by atoms with Gasteiger partial charge in [0.15, 0.2) is 0 Å². The lowest BCUT2D eigenvalue weighted by Crippen LogP contribution is -2.23. The number of pyridine rings is 1. The van der Waals surface area contributed by atoms with E-state index in [0.29, 0.717) is 40.8 Å². The number of fused-ring (bicyclic) bond motifs is 1. The van der Waals surface area contributed by atoms with Crippen LogP contribution in [0.1, 0.15) is 40.2 Å². The molecule has 1 aliphatic rings. The number of carbonyl (C=O) groups is 1. The highest BCUT2D eigenvalue weighted by Gasteiger charge is 2.22. The van der Waals surface area contributed by atoms with Crippen molar-refractivity contribution < 1.29 is 13.9 Å². The first-order chi connectivity index (χ1) is 13.5. The number of ether oxygens (including phenoxy) is 1. The summed E-state index contributed by atoms with van der Waals surface area (Å²) in [5.41, 5.74) is 3.17. The predicted octanol–water partition coefficient (Wildman–Crippen LogP) is 3.50. The first-order valence-electron chi connectivity index (χ1n) is 9.30. The minimum atomic E-state index is -0.519. The maximum absolute atomic E-state index is 14.0. The SMILES string of the molecule is Cc1nc2cc(F)cc(C(=O)NCc3ccc(OCC4CC4)nc3)c2nc1C. The molecule has 3 aromatic rings. The molecule has 2 aromatic heterocycles. The van der Waals surface area contributed by atoms with Gasteiger partial charge in [-0.25, -0.2) is 19.3 Å². The van der Waals surface area contributed by atoms with Crippen LogP contribution in [0.3, 0.4) is 0 Å². The Morgan fingerprint density at radius 2 is 2.00 bits per heavy atom. The summed E-state index contributed by atoms with van der Waals surface area (Å²) in [7, 11) is 0. The lowest BCUT2D eigenvalue weighted by Gasteiger charge is -2.10. The highest BCUT2D eigenvalue weighted by atomic mass is 19.1. The Kier molecular flexibility index (Phi) is 4.90. The molecular formula is C21H21FN4O2. The highest BCUT2D eigenvalue weighted by molar-refractivity contribution is 6.04. The Bertz CT molecular complexity index is 1030. The van der Waals surface area contributed by atoms with Gasteiger partial charge < -0.3 is 10.1 Å². The Balaban J connectivity index is 1.46. The fourth-order valence-electron chi connectivity index (χ4n) is 2.84. The van der Waals surface area contributed by atoms with E-state index >= 15 is 0 Å². The maximum atomic E-state index is 14.0. The number of hydrogen-bond donors (Lipinski definition) is 1. The molecule has 0 spiro atoms. The number of aryl methyl sites for hydroxylation is 2. The fraction of sp³-hybridized carbons (Fsp3) is 0.333. The molecule has 144 valence electrons. The molecule has 28 heavy (non-hydrogen) atoms. The van der Waals surface area contributed by atoms with E-state index in [4.69, 9.17) is 4.74 Å². The summed E-state index contributed by atoms with van der Waals surface area (Å²) in [5.74, 6) is 0.321. The van der Waals surface area contributed by atoms with Crippen molar-refractivity contribution in [3.63, 3.8) is 0 Å². The zero-order valence-corrected chi connectivity index (χ0v) is 15.8. The number of hydrogen-bond acceptors (Lipinski definition) is 5. The molecule has 1 fully saturated rings. The predicted molar refractivity (Wildman–Crippen MR) is 103 cm³/mol. The van der Waals surface area contributed by atoms with Crippen molar-refractivity contribution in [2.75, 3.05) is 6.61 Å². The number of halogens is 1. The van der Waals surface area contributed by atoms with Gasteiger partial charge >= 0.3 is 0 Å². The van der Waals surface area contributed by atoms with Gasteiger partial charge in [-0.1, -0.05) is 6.07 Å². The van der Waals surface area contributed by atoms with E-state index in [0.717, 1.165) is 5.56 Å². The van der Waals surface area contributed by atoms with E-state index in [1.54, 1.807) is 19.2 Å². The molecule has 1 N–H and O–H groups in total. The van der Waals surface area contributed by atoms with Gasteiger partial charge in [0.1, 0.15) is 11.3 Å². The lowest BCUT2D eigenvalue weighted by atomic mass is 10.1. The second kappa shape index (κ2) is 7.50. The van der Waals surface area contributed by atoms with E-state index in [-0.39, 0.29) is 12.1 Å². The smallest absolute Gasteiger partial charge is 0.253 e. The van der Waals surface area contributed by atoms with Gasteiger partial charge in [0.25, 0.3) is 5.91 Å². The van der Waals surface area contributed by atoms with Crippen LogP contribution in [-0.4, -0.2) is 27.5 Å². The standard InChI is InChI=1S/C21H21FN4O2/c1-12-13(2)26-20-17(7-16(22)8-18(20)25-12)21(27)24-10-15-5-6-19(23-9-15)28-11-14-3-4-14/h5-9,14H,3-4,10-11H2,1-2H3,(H,24,27). The van der Waals surface area contributed by atoms with Crippen molar-refractivity contribution >= 4 is 16.9 Å². The third-order valence-corrected chi connectivity index (χ3v) is 4.80. The molecule has 7 heteroatoms. The largest absolute Gasteiger partial charge is 0.477 e. The lowest BCUT2D eigenvalue weighted by molar-refractivity contribution is 0.0952. The molecule has 0 atom stereocenters. The third-order valence-electron chi connectivity index (χ3n) is 4.80. The van der Waals surface area contributed by atoms with Crippen LogP contribution < -0.4 is 10.1 Å². The van der Waals surface area contributed by atoms with Crippen molar-refractivity contribution in [2.45, 2.75) is 33.2 Å². The van der Waals surface area contributed by atoms with E-state index in [1.807, 2.05) is 13.0 Å². The molecule has 1 amide bonds. The molecule has 4 rings (SSSR count). The Hall–Kier alpha value is -3.09. The van der Waals surface area contributed by atoms with Crippen molar-refractivity contribution in [3.8, 4) is 5.88 Å². The minimum absolute atomic E-state index is 0.169. The highest BCUT2D eigenvalue weighted by Crippen LogP contribution is 2.29. The van der Waals surface area contributed by atoms with Crippen molar-refractivity contribution in [1.29, 1.82) is 0 Å². The zero-order valence-electron chi connectivity index (χ0n) is 15.8. The molecule has 0 radical (unpaired) electrons. The summed E-state index contributed by atoms with van der Waals surface area (Å²) in [5, 5.41) is 2.79. The quantitative estimate of drug-likeness (QED) is 0.708. The maximum Gasteiger partial charge on any atom is 0.253 e. The third kappa shape index (κ3) is 4.08. The second-order valence-corrected chi connectivity index (χ2v) is 7.16. The zero-order chi connectivity index (χ0) is 19.7. The van der Waals surface area contributed by atoms with Gasteiger partial charge in [0, 0.05) is 24.9 Å². The summed E-state index contributed by atoms with van der Waals surface area (Å²) >= 11 is 0. The summed E-state index contributed by atoms with van der Waals surface area (Å²) in [6, 6.07) is 6.12. The molecule has 0 bridgehead atoms. The minimum Gasteiger partial charge on any atom is -0.477 e. The molecule has 0 saturated heterocycles. The van der Waals surface area contributed by atoms with Crippen LogP contribution in [0.2, 0.25) is 0 Å². The van der Waals surface area contributed by atoms with Gasteiger partial charge in [-0.2, -0.15) is 0 Å². The average molecular weight is 380 g/mol. The molecular weight excluding hydrogens is 359 g/mol. The molecule has 1 saturated carbocycles. The first-order valence-corrected chi connectivity index (χ1v) is 9.30. The van der Waals surface area contributed by atoms with E-state index < -0.39 is 11.7 Å². The van der Waals surface area contributed by atoms with Crippen LogP contribution in [0.5, 0.6) is 5.88 Å². The number of carbonyl (C=O) groups excluding carboxylic acids is 1. The van der Waals surface area contributed by atoms with Crippen LogP contribution >= 0.6 is 0 Å². The van der Waals surface area contributed by atoms with E-state index in [9.17, 15) is 9.18 Å². The van der Waals surface area contributed by atoms with Crippen molar-refractivity contribution in [1.82, 2.24) is 20.3 Å². The normalized spacial score (nSPS) is 13.5. The summed E-state index contributed by atoms with van der Waals surface area (Å²) in [6.45, 7) is 4.59. The Morgan fingerprint density at radius 3 is 2.71 bits per heavy atom.